The summed E-state index contributed by atoms with van der Waals surface area (Å²) in [5, 5.41) is 20.4. The lowest BCUT2D eigenvalue weighted by molar-refractivity contribution is 0.276. The zero-order valence-corrected chi connectivity index (χ0v) is 13.3. The second-order valence-electron chi connectivity index (χ2n) is 4.82. The Hall–Kier alpha value is -1.40. The van der Waals surface area contributed by atoms with E-state index in [1.54, 1.807) is 4.68 Å². The first-order chi connectivity index (χ1) is 9.60. The second kappa shape index (κ2) is 6.85. The van der Waals surface area contributed by atoms with Crippen LogP contribution in [0.3, 0.4) is 0 Å². The molecular formula is C14H19BrN4O. The molecule has 0 aliphatic heterocycles. The Morgan fingerprint density at radius 2 is 2.00 bits per heavy atom. The average molecular weight is 339 g/mol. The lowest BCUT2D eigenvalue weighted by Crippen LogP contribution is -2.03. The average Bonchev–Trinajstić information content (AvgIpc) is 2.83. The number of aromatic nitrogens is 3. The summed E-state index contributed by atoms with van der Waals surface area (Å²) in [7, 11) is 0. The van der Waals surface area contributed by atoms with Gasteiger partial charge in [-0.25, -0.2) is 0 Å². The summed E-state index contributed by atoms with van der Waals surface area (Å²) < 4.78 is 2.85. The van der Waals surface area contributed by atoms with E-state index in [0.717, 1.165) is 15.9 Å². The van der Waals surface area contributed by atoms with Crippen LogP contribution < -0.4 is 5.32 Å². The van der Waals surface area contributed by atoms with Crippen LogP contribution in [0.15, 0.2) is 22.8 Å². The molecule has 0 amide bonds. The fourth-order valence-electron chi connectivity index (χ4n) is 2.13. The Balaban J connectivity index is 2.00. The van der Waals surface area contributed by atoms with Crippen molar-refractivity contribution in [1.82, 2.24) is 15.0 Å². The molecule has 20 heavy (non-hydrogen) atoms. The van der Waals surface area contributed by atoms with Gasteiger partial charge in [-0.15, -0.1) is 5.10 Å². The van der Waals surface area contributed by atoms with Crippen molar-refractivity contribution in [2.75, 3.05) is 11.9 Å². The Labute approximate surface area is 127 Å². The minimum Gasteiger partial charge on any atom is -0.396 e. The summed E-state index contributed by atoms with van der Waals surface area (Å²) in [4.78, 5) is 0. The summed E-state index contributed by atoms with van der Waals surface area (Å²) in [6.07, 6.45) is 2.60. The van der Waals surface area contributed by atoms with E-state index in [2.05, 4.69) is 57.5 Å². The molecule has 108 valence electrons. The molecule has 2 rings (SSSR count). The van der Waals surface area contributed by atoms with Crippen LogP contribution in [0.1, 0.15) is 23.2 Å². The highest BCUT2D eigenvalue weighted by molar-refractivity contribution is 9.10. The zero-order chi connectivity index (χ0) is 14.5. The van der Waals surface area contributed by atoms with Crippen LogP contribution in [-0.4, -0.2) is 26.7 Å². The number of aliphatic hydroxyl groups is 1. The van der Waals surface area contributed by atoms with Gasteiger partial charge in [0, 0.05) is 23.3 Å². The third-order valence-electron chi connectivity index (χ3n) is 3.08. The van der Waals surface area contributed by atoms with Crippen molar-refractivity contribution >= 4 is 21.6 Å². The standard InChI is InChI=1S/C14H19BrN4O/c1-10-6-12(15)7-11(2)14(10)16-8-13-9-19(18-17-13)4-3-5-20/h6-7,9,16,20H,3-5,8H2,1-2H3. The van der Waals surface area contributed by atoms with Gasteiger partial charge in [-0.05, 0) is 43.5 Å². The van der Waals surface area contributed by atoms with Gasteiger partial charge < -0.3 is 10.4 Å². The quantitative estimate of drug-likeness (QED) is 0.849. The van der Waals surface area contributed by atoms with Crippen molar-refractivity contribution in [3.63, 3.8) is 0 Å². The molecule has 0 aliphatic carbocycles. The molecule has 0 bridgehead atoms. The first-order valence-corrected chi connectivity index (χ1v) is 7.40. The van der Waals surface area contributed by atoms with Gasteiger partial charge in [0.15, 0.2) is 0 Å². The molecular weight excluding hydrogens is 320 g/mol. The third kappa shape index (κ3) is 3.80. The third-order valence-corrected chi connectivity index (χ3v) is 3.53. The van der Waals surface area contributed by atoms with Crippen LogP contribution >= 0.6 is 15.9 Å². The summed E-state index contributed by atoms with van der Waals surface area (Å²) >= 11 is 3.50. The molecule has 0 atom stereocenters. The maximum Gasteiger partial charge on any atom is 0.102 e. The molecule has 0 fully saturated rings. The predicted octanol–water partition coefficient (Wildman–Crippen LogP) is 2.65. The minimum atomic E-state index is 0.171. The van der Waals surface area contributed by atoms with Crippen LogP contribution in [0.2, 0.25) is 0 Å². The van der Waals surface area contributed by atoms with E-state index >= 15 is 0 Å². The number of nitrogens with zero attached hydrogens (tertiary/aromatic N) is 3. The minimum absolute atomic E-state index is 0.171. The smallest absolute Gasteiger partial charge is 0.102 e. The highest BCUT2D eigenvalue weighted by atomic mass is 79.9. The van der Waals surface area contributed by atoms with Crippen LogP contribution in [0.25, 0.3) is 0 Å². The molecule has 6 heteroatoms. The molecule has 0 saturated carbocycles. The highest BCUT2D eigenvalue weighted by Crippen LogP contribution is 2.25. The zero-order valence-electron chi connectivity index (χ0n) is 11.7. The molecule has 0 radical (unpaired) electrons. The van der Waals surface area contributed by atoms with Crippen LogP contribution in [0.5, 0.6) is 0 Å². The molecule has 2 N–H and O–H groups in total. The van der Waals surface area contributed by atoms with Gasteiger partial charge in [0.2, 0.25) is 0 Å². The molecule has 0 saturated heterocycles. The van der Waals surface area contributed by atoms with Gasteiger partial charge in [0.05, 0.1) is 12.7 Å². The van der Waals surface area contributed by atoms with E-state index in [1.165, 1.54) is 11.1 Å². The maximum absolute atomic E-state index is 8.79. The number of aliphatic hydroxyl groups excluding tert-OH is 1. The Bertz CT molecular complexity index is 559. The van der Waals surface area contributed by atoms with Crippen molar-refractivity contribution in [3.8, 4) is 0 Å². The number of aryl methyl sites for hydroxylation is 3. The number of benzene rings is 1. The van der Waals surface area contributed by atoms with Crippen molar-refractivity contribution in [1.29, 1.82) is 0 Å². The molecule has 1 heterocycles. The lowest BCUT2D eigenvalue weighted by Gasteiger charge is -2.12. The number of rotatable bonds is 6. The Kier molecular flexibility index (Phi) is 5.14. The van der Waals surface area contributed by atoms with Crippen molar-refractivity contribution in [3.05, 3.63) is 39.6 Å². The van der Waals surface area contributed by atoms with Crippen LogP contribution in [0, 0.1) is 13.8 Å². The molecule has 2 aromatic rings. The fraction of sp³-hybridized carbons (Fsp3) is 0.429. The second-order valence-corrected chi connectivity index (χ2v) is 5.73. The number of halogens is 1. The number of anilines is 1. The summed E-state index contributed by atoms with van der Waals surface area (Å²) in [6, 6.07) is 4.18. The monoisotopic (exact) mass is 338 g/mol. The lowest BCUT2D eigenvalue weighted by atomic mass is 10.1. The molecule has 0 unspecified atom stereocenters. The number of hydrogen-bond acceptors (Lipinski definition) is 4. The van der Waals surface area contributed by atoms with Crippen molar-refractivity contribution in [2.24, 2.45) is 0 Å². The molecule has 0 spiro atoms. The van der Waals surface area contributed by atoms with Gasteiger partial charge in [0.25, 0.3) is 0 Å². The van der Waals surface area contributed by atoms with E-state index in [0.29, 0.717) is 19.5 Å². The van der Waals surface area contributed by atoms with E-state index in [-0.39, 0.29) is 6.61 Å². The van der Waals surface area contributed by atoms with E-state index in [1.807, 2.05) is 6.20 Å². The normalized spacial score (nSPS) is 10.8. The van der Waals surface area contributed by atoms with Gasteiger partial charge in [-0.3, -0.25) is 4.68 Å². The van der Waals surface area contributed by atoms with Gasteiger partial charge in [-0.1, -0.05) is 21.1 Å². The van der Waals surface area contributed by atoms with Gasteiger partial charge >= 0.3 is 0 Å². The number of nitrogens with one attached hydrogen (secondary N) is 1. The fourth-order valence-corrected chi connectivity index (χ4v) is 2.82. The summed E-state index contributed by atoms with van der Waals surface area (Å²) in [5.74, 6) is 0. The van der Waals surface area contributed by atoms with E-state index in [4.69, 9.17) is 5.11 Å². The van der Waals surface area contributed by atoms with E-state index in [9.17, 15) is 0 Å². The molecule has 1 aromatic carbocycles. The first-order valence-electron chi connectivity index (χ1n) is 6.60. The molecule has 1 aromatic heterocycles. The van der Waals surface area contributed by atoms with E-state index < -0.39 is 0 Å². The van der Waals surface area contributed by atoms with Crippen molar-refractivity contribution in [2.45, 2.75) is 33.4 Å². The van der Waals surface area contributed by atoms with Crippen LogP contribution in [0.4, 0.5) is 5.69 Å². The topological polar surface area (TPSA) is 63.0 Å². The van der Waals surface area contributed by atoms with Gasteiger partial charge in [0.1, 0.15) is 5.69 Å². The van der Waals surface area contributed by atoms with Crippen molar-refractivity contribution < 1.29 is 5.11 Å². The highest BCUT2D eigenvalue weighted by Gasteiger charge is 2.06. The van der Waals surface area contributed by atoms with Gasteiger partial charge in [-0.2, -0.15) is 0 Å². The van der Waals surface area contributed by atoms with Crippen LogP contribution in [-0.2, 0) is 13.1 Å². The number of hydrogen-bond donors (Lipinski definition) is 2. The maximum atomic E-state index is 8.79. The SMILES string of the molecule is Cc1cc(Br)cc(C)c1NCc1cn(CCCO)nn1. The predicted molar refractivity (Wildman–Crippen MR) is 82.7 cm³/mol. The largest absolute Gasteiger partial charge is 0.396 e. The first kappa shape index (κ1) is 15.0. The Morgan fingerprint density at radius 1 is 1.30 bits per heavy atom. The molecule has 0 aliphatic rings. The Morgan fingerprint density at radius 3 is 2.65 bits per heavy atom. The summed E-state index contributed by atoms with van der Waals surface area (Å²) in [5.41, 5.74) is 4.43. The molecule has 5 nitrogen and oxygen atoms in total. The summed E-state index contributed by atoms with van der Waals surface area (Å²) in [6.45, 7) is 5.67.